The van der Waals surface area contributed by atoms with Crippen LogP contribution in [0.5, 0.6) is 0 Å². The Morgan fingerprint density at radius 2 is 1.93 bits per heavy atom. The molecule has 2 aromatic carbocycles. The van der Waals surface area contributed by atoms with Crippen molar-refractivity contribution >= 4 is 22.7 Å². The molecule has 2 N–H and O–H groups in total. The summed E-state index contributed by atoms with van der Waals surface area (Å²) in [6.07, 6.45) is 0.433. The number of nitrogens with zero attached hydrogens (tertiary/aromatic N) is 2. The number of carbonyl (C=O) groups is 2. The summed E-state index contributed by atoms with van der Waals surface area (Å²) in [5.74, 6) is -1.02. The Kier molecular flexibility index (Phi) is 4.16. The van der Waals surface area contributed by atoms with Gasteiger partial charge in [-0.1, -0.05) is 12.1 Å². The van der Waals surface area contributed by atoms with E-state index in [4.69, 9.17) is 5.21 Å². The minimum Gasteiger partial charge on any atom is -0.339 e. The first-order valence-electron chi connectivity index (χ1n) is 8.59. The molecule has 0 unspecified atom stereocenters. The lowest BCUT2D eigenvalue weighted by Gasteiger charge is -2.25. The second-order valence-electron chi connectivity index (χ2n) is 6.68. The zero-order valence-electron chi connectivity index (χ0n) is 14.7. The fourth-order valence-electron chi connectivity index (χ4n) is 3.63. The first-order valence-corrected chi connectivity index (χ1v) is 8.59. The zero-order valence-corrected chi connectivity index (χ0v) is 14.7. The molecular formula is C20H18FN3O3. The van der Waals surface area contributed by atoms with Crippen LogP contribution in [0.1, 0.15) is 32.0 Å². The molecule has 0 radical (unpaired) electrons. The average molecular weight is 367 g/mol. The maximum absolute atomic E-state index is 13.9. The van der Waals surface area contributed by atoms with Gasteiger partial charge in [0.1, 0.15) is 11.5 Å². The molecule has 1 aromatic heterocycles. The number of halogens is 1. The number of fused-ring (bicyclic) bond motifs is 3. The maximum Gasteiger partial charge on any atom is 0.274 e. The monoisotopic (exact) mass is 367 g/mol. The van der Waals surface area contributed by atoms with Crippen molar-refractivity contribution in [3.63, 3.8) is 0 Å². The van der Waals surface area contributed by atoms with E-state index in [1.165, 1.54) is 12.1 Å². The molecule has 3 aromatic rings. The highest BCUT2D eigenvalue weighted by Crippen LogP contribution is 2.32. The number of amides is 2. The Labute approximate surface area is 154 Å². The van der Waals surface area contributed by atoms with Crippen LogP contribution in [-0.2, 0) is 13.0 Å². The second-order valence-corrected chi connectivity index (χ2v) is 6.68. The zero-order chi connectivity index (χ0) is 19.1. The van der Waals surface area contributed by atoms with Gasteiger partial charge >= 0.3 is 0 Å². The summed E-state index contributed by atoms with van der Waals surface area (Å²) >= 11 is 0. The Bertz CT molecular complexity index is 1060. The van der Waals surface area contributed by atoms with Gasteiger partial charge in [0.15, 0.2) is 0 Å². The Hall–Kier alpha value is -3.19. The predicted octanol–water partition coefficient (Wildman–Crippen LogP) is 2.58. The number of hydrogen-bond acceptors (Lipinski definition) is 3. The van der Waals surface area contributed by atoms with E-state index in [0.29, 0.717) is 30.8 Å². The van der Waals surface area contributed by atoms with E-state index in [2.05, 4.69) is 0 Å². The highest BCUT2D eigenvalue weighted by atomic mass is 19.1. The van der Waals surface area contributed by atoms with Gasteiger partial charge in [0.25, 0.3) is 11.8 Å². The minimum atomic E-state index is -0.591. The molecule has 1 aliphatic heterocycles. The van der Waals surface area contributed by atoms with Gasteiger partial charge in [-0.05, 0) is 41.5 Å². The van der Waals surface area contributed by atoms with Crippen LogP contribution < -0.4 is 5.48 Å². The van der Waals surface area contributed by atoms with Crippen LogP contribution in [0.15, 0.2) is 42.5 Å². The molecule has 27 heavy (non-hydrogen) atoms. The van der Waals surface area contributed by atoms with Gasteiger partial charge < -0.3 is 9.47 Å². The summed E-state index contributed by atoms with van der Waals surface area (Å²) in [5.41, 5.74) is 5.01. The van der Waals surface area contributed by atoms with Crippen molar-refractivity contribution < 1.29 is 19.2 Å². The van der Waals surface area contributed by atoms with Gasteiger partial charge in [-0.3, -0.25) is 14.8 Å². The molecule has 0 fully saturated rings. The van der Waals surface area contributed by atoms with E-state index in [9.17, 15) is 14.0 Å². The molecule has 138 valence electrons. The molecule has 0 spiro atoms. The van der Waals surface area contributed by atoms with Crippen LogP contribution >= 0.6 is 0 Å². The molecule has 2 amide bonds. The second kappa shape index (κ2) is 6.51. The number of rotatable bonds is 3. The Balaban J connectivity index is 1.82. The summed E-state index contributed by atoms with van der Waals surface area (Å²) < 4.78 is 15.9. The fourth-order valence-corrected chi connectivity index (χ4v) is 3.63. The van der Waals surface area contributed by atoms with E-state index in [0.717, 1.165) is 22.0 Å². The highest BCUT2D eigenvalue weighted by molar-refractivity contribution is 6.02. The minimum absolute atomic E-state index is 0.0795. The third-order valence-corrected chi connectivity index (χ3v) is 5.04. The quantitative estimate of drug-likeness (QED) is 0.552. The lowest BCUT2D eigenvalue weighted by atomic mass is 9.99. The fraction of sp³-hybridized carbons (Fsp3) is 0.200. The van der Waals surface area contributed by atoms with Crippen LogP contribution in [0.25, 0.3) is 10.9 Å². The molecular weight excluding hydrogens is 349 g/mol. The van der Waals surface area contributed by atoms with Gasteiger partial charge in [0.05, 0.1) is 0 Å². The van der Waals surface area contributed by atoms with E-state index >= 15 is 0 Å². The van der Waals surface area contributed by atoms with Crippen molar-refractivity contribution in [2.75, 3.05) is 13.6 Å². The van der Waals surface area contributed by atoms with Crippen LogP contribution in [0.4, 0.5) is 4.39 Å². The van der Waals surface area contributed by atoms with Gasteiger partial charge in [-0.2, -0.15) is 0 Å². The highest BCUT2D eigenvalue weighted by Gasteiger charge is 2.28. The van der Waals surface area contributed by atoms with Gasteiger partial charge in [0.2, 0.25) is 0 Å². The van der Waals surface area contributed by atoms with Crippen LogP contribution in [0.3, 0.4) is 0 Å². The van der Waals surface area contributed by atoms with E-state index in [1.54, 1.807) is 47.8 Å². The lowest BCUT2D eigenvalue weighted by molar-refractivity contribution is 0.0705. The summed E-state index contributed by atoms with van der Waals surface area (Å²) in [7, 11) is 1.76. The first kappa shape index (κ1) is 17.2. The molecule has 1 aliphatic rings. The molecule has 0 atom stereocenters. The van der Waals surface area contributed by atoms with Gasteiger partial charge in [-0.15, -0.1) is 0 Å². The largest absolute Gasteiger partial charge is 0.339 e. The Morgan fingerprint density at radius 3 is 2.63 bits per heavy atom. The van der Waals surface area contributed by atoms with Crippen LogP contribution in [0.2, 0.25) is 0 Å². The smallest absolute Gasteiger partial charge is 0.274 e. The van der Waals surface area contributed by atoms with Crippen molar-refractivity contribution in [2.24, 2.45) is 0 Å². The third-order valence-electron chi connectivity index (χ3n) is 5.04. The molecule has 7 heteroatoms. The van der Waals surface area contributed by atoms with Crippen molar-refractivity contribution in [3.8, 4) is 0 Å². The SMILES string of the molecule is CN1CCn2c(c(Cc3ccc(C(=O)NO)cc3)c3cc(F)ccc32)C1=O. The lowest BCUT2D eigenvalue weighted by Crippen LogP contribution is -2.37. The van der Waals surface area contributed by atoms with Crippen molar-refractivity contribution in [1.82, 2.24) is 14.9 Å². The summed E-state index contributed by atoms with van der Waals surface area (Å²) in [4.78, 5) is 25.9. The van der Waals surface area contributed by atoms with Gasteiger partial charge in [-0.25, -0.2) is 9.87 Å². The number of likely N-dealkylation sites (N-methyl/N-ethyl adjacent to an activating group) is 1. The van der Waals surface area contributed by atoms with Crippen LogP contribution in [-0.4, -0.2) is 40.1 Å². The molecule has 0 saturated heterocycles. The standard InChI is InChI=1S/C20H18FN3O3/c1-23-8-9-24-17-7-6-14(21)11-15(17)16(18(24)20(23)26)10-12-2-4-13(5-3-12)19(25)22-27/h2-7,11,27H,8-10H2,1H3,(H,22,25). The number of hydrogen-bond donors (Lipinski definition) is 2. The molecule has 0 saturated carbocycles. The normalized spacial score (nSPS) is 13.7. The van der Waals surface area contributed by atoms with E-state index in [-0.39, 0.29) is 11.7 Å². The number of nitrogens with one attached hydrogen (secondary N) is 1. The van der Waals surface area contributed by atoms with Crippen molar-refractivity contribution in [2.45, 2.75) is 13.0 Å². The molecule has 2 heterocycles. The molecule has 0 aliphatic carbocycles. The average Bonchev–Trinajstić information content (AvgIpc) is 2.98. The maximum atomic E-state index is 13.9. The first-order chi connectivity index (χ1) is 13.0. The number of carbonyl (C=O) groups excluding carboxylic acids is 2. The van der Waals surface area contributed by atoms with Crippen molar-refractivity contribution in [1.29, 1.82) is 0 Å². The van der Waals surface area contributed by atoms with E-state index < -0.39 is 5.91 Å². The Morgan fingerprint density at radius 1 is 1.19 bits per heavy atom. The summed E-state index contributed by atoms with van der Waals surface area (Å²) in [6.45, 7) is 1.27. The summed E-state index contributed by atoms with van der Waals surface area (Å²) in [5, 5.41) is 9.44. The summed E-state index contributed by atoms with van der Waals surface area (Å²) in [6, 6.07) is 11.3. The van der Waals surface area contributed by atoms with E-state index in [1.807, 2.05) is 4.57 Å². The van der Waals surface area contributed by atoms with Crippen molar-refractivity contribution in [3.05, 3.63) is 70.7 Å². The molecule has 4 rings (SSSR count). The van der Waals surface area contributed by atoms with Crippen LogP contribution in [0, 0.1) is 5.82 Å². The third kappa shape index (κ3) is 2.86. The number of hydroxylamine groups is 1. The number of aromatic nitrogens is 1. The number of benzene rings is 2. The van der Waals surface area contributed by atoms with Gasteiger partial charge in [0, 0.05) is 43.0 Å². The molecule has 6 nitrogen and oxygen atoms in total. The topological polar surface area (TPSA) is 74.6 Å². The molecule has 0 bridgehead atoms. The predicted molar refractivity (Wildman–Crippen MR) is 97.4 cm³/mol.